The maximum atomic E-state index is 5.78. The van der Waals surface area contributed by atoms with E-state index in [0.29, 0.717) is 5.88 Å². The molecule has 0 aliphatic heterocycles. The van der Waals surface area contributed by atoms with Crippen molar-refractivity contribution in [2.75, 3.05) is 6.26 Å². The van der Waals surface area contributed by atoms with Gasteiger partial charge in [-0.25, -0.2) is 4.68 Å². The molecule has 0 amide bonds. The number of hydrogen-bond acceptors (Lipinski definition) is 3. The highest BCUT2D eigenvalue weighted by molar-refractivity contribution is 7.98. The second kappa shape index (κ2) is 4.68. The Balaban J connectivity index is 2.37. The van der Waals surface area contributed by atoms with E-state index in [1.54, 1.807) is 22.6 Å². The Kier molecular flexibility index (Phi) is 3.28. The van der Waals surface area contributed by atoms with Gasteiger partial charge in [0, 0.05) is 4.90 Å². The van der Waals surface area contributed by atoms with E-state index in [4.69, 9.17) is 11.6 Å². The maximum Gasteiger partial charge on any atom is 0.0793 e. The van der Waals surface area contributed by atoms with Crippen LogP contribution < -0.4 is 0 Å². The van der Waals surface area contributed by atoms with Crippen LogP contribution in [0.1, 0.15) is 5.69 Å². The fraction of sp³-hybridized carbons (Fsp3) is 0.200. The van der Waals surface area contributed by atoms with E-state index >= 15 is 0 Å². The van der Waals surface area contributed by atoms with E-state index in [-0.39, 0.29) is 0 Å². The molecule has 0 bridgehead atoms. The van der Waals surface area contributed by atoms with Crippen LogP contribution in [0.3, 0.4) is 0 Å². The number of aromatic nitrogens is 3. The summed E-state index contributed by atoms with van der Waals surface area (Å²) in [4.78, 5) is 1.23. The predicted octanol–water partition coefficient (Wildman–Crippen LogP) is 2.73. The number of hydrogen-bond donors (Lipinski definition) is 0. The van der Waals surface area contributed by atoms with Crippen molar-refractivity contribution in [2.24, 2.45) is 0 Å². The fourth-order valence-electron chi connectivity index (χ4n) is 1.29. The van der Waals surface area contributed by atoms with Gasteiger partial charge in [-0.3, -0.25) is 0 Å². The minimum absolute atomic E-state index is 0.414. The maximum absolute atomic E-state index is 5.78. The number of thioether (sulfide) groups is 1. The van der Waals surface area contributed by atoms with Gasteiger partial charge < -0.3 is 0 Å². The van der Waals surface area contributed by atoms with Gasteiger partial charge in [-0.15, -0.1) is 28.5 Å². The molecule has 0 aliphatic carbocycles. The number of benzene rings is 1. The van der Waals surface area contributed by atoms with E-state index in [1.165, 1.54) is 4.90 Å². The smallest absolute Gasteiger partial charge is 0.0793 e. The molecule has 0 fully saturated rings. The first kappa shape index (κ1) is 10.5. The van der Waals surface area contributed by atoms with Crippen LogP contribution in [0.2, 0.25) is 0 Å². The van der Waals surface area contributed by atoms with Gasteiger partial charge in [0.25, 0.3) is 0 Å². The number of halogens is 1. The molecule has 1 aromatic carbocycles. The summed E-state index contributed by atoms with van der Waals surface area (Å²) in [6.07, 6.45) is 3.73. The topological polar surface area (TPSA) is 30.7 Å². The van der Waals surface area contributed by atoms with Gasteiger partial charge >= 0.3 is 0 Å². The first-order valence-electron chi connectivity index (χ1n) is 4.45. The SMILES string of the molecule is CSc1ccc(-n2nncc2CCl)cc1. The van der Waals surface area contributed by atoms with E-state index in [9.17, 15) is 0 Å². The van der Waals surface area contributed by atoms with Crippen molar-refractivity contribution < 1.29 is 0 Å². The summed E-state index contributed by atoms with van der Waals surface area (Å²) in [5, 5.41) is 7.82. The first-order chi connectivity index (χ1) is 7.35. The van der Waals surface area contributed by atoms with Gasteiger partial charge in [0.15, 0.2) is 0 Å². The highest BCUT2D eigenvalue weighted by Gasteiger charge is 2.04. The Hall–Kier alpha value is -1.00. The molecule has 2 aromatic rings. The third kappa shape index (κ3) is 2.16. The summed E-state index contributed by atoms with van der Waals surface area (Å²) >= 11 is 7.49. The molecule has 0 saturated heterocycles. The molecule has 3 nitrogen and oxygen atoms in total. The van der Waals surface area contributed by atoms with E-state index in [0.717, 1.165) is 11.4 Å². The molecule has 0 atom stereocenters. The standard InChI is InChI=1S/C10H10ClN3S/c1-15-10-4-2-8(3-5-10)14-9(6-11)7-12-13-14/h2-5,7H,6H2,1H3. The van der Waals surface area contributed by atoms with Crippen molar-refractivity contribution in [3.8, 4) is 5.69 Å². The van der Waals surface area contributed by atoms with Crippen LogP contribution in [-0.2, 0) is 5.88 Å². The van der Waals surface area contributed by atoms with Gasteiger partial charge in [0.2, 0.25) is 0 Å². The van der Waals surface area contributed by atoms with Crippen LogP contribution >= 0.6 is 23.4 Å². The average molecular weight is 240 g/mol. The fourth-order valence-corrected chi connectivity index (χ4v) is 1.88. The summed E-state index contributed by atoms with van der Waals surface area (Å²) in [6, 6.07) is 8.13. The normalized spacial score (nSPS) is 10.5. The molecule has 1 heterocycles. The molecular weight excluding hydrogens is 230 g/mol. The minimum atomic E-state index is 0.414. The summed E-state index contributed by atoms with van der Waals surface area (Å²) in [5.74, 6) is 0.414. The van der Waals surface area contributed by atoms with Gasteiger partial charge in [0.05, 0.1) is 23.5 Å². The van der Waals surface area contributed by atoms with Gasteiger partial charge in [-0.1, -0.05) is 5.21 Å². The summed E-state index contributed by atoms with van der Waals surface area (Å²) in [5.41, 5.74) is 1.88. The molecule has 0 radical (unpaired) electrons. The van der Waals surface area contributed by atoms with Crippen LogP contribution in [0.25, 0.3) is 5.69 Å². The lowest BCUT2D eigenvalue weighted by Crippen LogP contribution is -2.00. The summed E-state index contributed by atoms with van der Waals surface area (Å²) < 4.78 is 1.75. The predicted molar refractivity (Wildman–Crippen MR) is 62.7 cm³/mol. The molecule has 78 valence electrons. The third-order valence-electron chi connectivity index (χ3n) is 2.07. The Morgan fingerprint density at radius 2 is 2.07 bits per heavy atom. The second-order valence-corrected chi connectivity index (χ2v) is 4.12. The molecule has 0 unspecified atom stereocenters. The zero-order valence-corrected chi connectivity index (χ0v) is 9.79. The lowest BCUT2D eigenvalue weighted by atomic mass is 10.3. The molecule has 0 aliphatic rings. The lowest BCUT2D eigenvalue weighted by Gasteiger charge is -2.04. The monoisotopic (exact) mass is 239 g/mol. The van der Waals surface area contributed by atoms with Crippen LogP contribution in [0.5, 0.6) is 0 Å². The van der Waals surface area contributed by atoms with Crippen LogP contribution in [-0.4, -0.2) is 21.2 Å². The number of nitrogens with zero attached hydrogens (tertiary/aromatic N) is 3. The lowest BCUT2D eigenvalue weighted by molar-refractivity contribution is 0.780. The van der Waals surface area contributed by atoms with E-state index < -0.39 is 0 Å². The van der Waals surface area contributed by atoms with Crippen LogP contribution in [0, 0.1) is 0 Å². The molecule has 1 aromatic heterocycles. The summed E-state index contributed by atoms with van der Waals surface area (Å²) in [7, 11) is 0. The number of rotatable bonds is 3. The van der Waals surface area contributed by atoms with Gasteiger partial charge in [-0.05, 0) is 30.5 Å². The first-order valence-corrected chi connectivity index (χ1v) is 6.21. The Morgan fingerprint density at radius 1 is 1.33 bits per heavy atom. The van der Waals surface area contributed by atoms with Crippen LogP contribution in [0.4, 0.5) is 0 Å². The van der Waals surface area contributed by atoms with Gasteiger partial charge in [-0.2, -0.15) is 0 Å². The van der Waals surface area contributed by atoms with Crippen LogP contribution in [0.15, 0.2) is 35.4 Å². The molecule has 5 heteroatoms. The second-order valence-electron chi connectivity index (χ2n) is 2.97. The average Bonchev–Trinajstić information content (AvgIpc) is 2.77. The van der Waals surface area contributed by atoms with Crippen molar-refractivity contribution in [2.45, 2.75) is 10.8 Å². The molecule has 0 saturated carbocycles. The Labute approximate surface area is 97.4 Å². The Bertz CT molecular complexity index is 438. The minimum Gasteiger partial charge on any atom is -0.216 e. The quantitative estimate of drug-likeness (QED) is 0.610. The molecule has 2 rings (SSSR count). The molecule has 15 heavy (non-hydrogen) atoms. The van der Waals surface area contributed by atoms with Crippen molar-refractivity contribution in [1.82, 2.24) is 15.0 Å². The zero-order valence-electron chi connectivity index (χ0n) is 8.22. The van der Waals surface area contributed by atoms with Crippen molar-refractivity contribution in [1.29, 1.82) is 0 Å². The third-order valence-corrected chi connectivity index (χ3v) is 3.09. The number of alkyl halides is 1. The molecular formula is C10H10ClN3S. The largest absolute Gasteiger partial charge is 0.216 e. The zero-order chi connectivity index (χ0) is 10.7. The highest BCUT2D eigenvalue weighted by Crippen LogP contribution is 2.17. The van der Waals surface area contributed by atoms with Gasteiger partial charge in [0.1, 0.15) is 0 Å². The highest BCUT2D eigenvalue weighted by atomic mass is 35.5. The summed E-state index contributed by atoms with van der Waals surface area (Å²) in [6.45, 7) is 0. The van der Waals surface area contributed by atoms with Crippen molar-refractivity contribution in [3.05, 3.63) is 36.2 Å². The molecule has 0 spiro atoms. The van der Waals surface area contributed by atoms with Crippen molar-refractivity contribution >= 4 is 23.4 Å². The van der Waals surface area contributed by atoms with Crippen molar-refractivity contribution in [3.63, 3.8) is 0 Å². The van der Waals surface area contributed by atoms with E-state index in [1.807, 2.05) is 12.1 Å². The Morgan fingerprint density at radius 3 is 2.67 bits per heavy atom. The van der Waals surface area contributed by atoms with E-state index in [2.05, 4.69) is 28.7 Å². The molecule has 0 N–H and O–H groups in total.